The van der Waals surface area contributed by atoms with E-state index in [0.29, 0.717) is 23.3 Å². The number of hydrogen-bond acceptors (Lipinski definition) is 7. The van der Waals surface area contributed by atoms with Crippen LogP contribution in [0.5, 0.6) is 0 Å². The van der Waals surface area contributed by atoms with Crippen LogP contribution in [0.3, 0.4) is 0 Å². The van der Waals surface area contributed by atoms with Crippen molar-refractivity contribution >= 4 is 23.5 Å². The van der Waals surface area contributed by atoms with Crippen LogP contribution in [0.1, 0.15) is 5.69 Å². The fourth-order valence-electron chi connectivity index (χ4n) is 3.34. The van der Waals surface area contributed by atoms with Crippen LogP contribution < -0.4 is 5.32 Å². The second kappa shape index (κ2) is 10.1. The van der Waals surface area contributed by atoms with Crippen molar-refractivity contribution in [2.45, 2.75) is 11.7 Å². The van der Waals surface area contributed by atoms with Gasteiger partial charge in [0.1, 0.15) is 0 Å². The van der Waals surface area contributed by atoms with Crippen LogP contribution in [0.4, 0.5) is 5.82 Å². The molecular weight excluding hydrogens is 448 g/mol. The second-order valence-corrected chi connectivity index (χ2v) is 8.22. The van der Waals surface area contributed by atoms with E-state index >= 15 is 0 Å². The van der Waals surface area contributed by atoms with Gasteiger partial charge >= 0.3 is 0 Å². The summed E-state index contributed by atoms with van der Waals surface area (Å²) in [5.74, 6) is 1.13. The first kappa shape index (κ1) is 21.5. The molecule has 0 atom stereocenters. The zero-order valence-electron chi connectivity index (χ0n) is 18.0. The van der Waals surface area contributed by atoms with Gasteiger partial charge < -0.3 is 5.32 Å². The number of rotatable bonds is 8. The lowest BCUT2D eigenvalue weighted by molar-refractivity contribution is -0.113. The van der Waals surface area contributed by atoms with Crippen molar-refractivity contribution in [3.63, 3.8) is 0 Å². The largest absolute Gasteiger partial charge is 0.308 e. The van der Waals surface area contributed by atoms with Crippen LogP contribution in [0.15, 0.2) is 96.7 Å². The molecule has 0 spiro atoms. The Morgan fingerprint density at radius 2 is 1.82 bits per heavy atom. The van der Waals surface area contributed by atoms with Gasteiger partial charge in [-0.05, 0) is 36.4 Å². The molecule has 0 saturated carbocycles. The maximum atomic E-state index is 12.6. The van der Waals surface area contributed by atoms with Crippen molar-refractivity contribution in [3.8, 4) is 17.1 Å². The number of benzene rings is 1. The van der Waals surface area contributed by atoms with Gasteiger partial charge in [0.25, 0.3) is 0 Å². The molecule has 0 radical (unpaired) electrons. The number of anilines is 1. The lowest BCUT2D eigenvalue weighted by atomic mass is 10.2. The molecule has 0 unspecified atom stereocenters. The predicted octanol–water partition coefficient (Wildman–Crippen LogP) is 3.70. The minimum atomic E-state index is -0.182. The van der Waals surface area contributed by atoms with Crippen molar-refractivity contribution in [2.24, 2.45) is 0 Å². The first-order valence-electron chi connectivity index (χ1n) is 10.5. The Balaban J connectivity index is 1.28. The Kier molecular flexibility index (Phi) is 6.39. The van der Waals surface area contributed by atoms with Gasteiger partial charge in [0, 0.05) is 42.1 Å². The summed E-state index contributed by atoms with van der Waals surface area (Å²) >= 11 is 1.31. The van der Waals surface area contributed by atoms with Crippen LogP contribution in [0, 0.1) is 0 Å². The summed E-state index contributed by atoms with van der Waals surface area (Å²) in [4.78, 5) is 21.1. The maximum Gasteiger partial charge on any atom is 0.236 e. The predicted molar refractivity (Wildman–Crippen MR) is 130 cm³/mol. The van der Waals surface area contributed by atoms with Gasteiger partial charge in [-0.3, -0.25) is 24.0 Å². The number of nitrogens with zero attached hydrogens (tertiary/aromatic N) is 7. The third-order valence-corrected chi connectivity index (χ3v) is 5.79. The second-order valence-electron chi connectivity index (χ2n) is 7.28. The number of nitrogens with one attached hydrogen (secondary N) is 1. The average Bonchev–Trinajstić information content (AvgIpc) is 3.51. The molecule has 4 heterocycles. The number of para-hydroxylation sites is 1. The minimum absolute atomic E-state index is 0.158. The van der Waals surface area contributed by atoms with Gasteiger partial charge in [-0.15, -0.1) is 10.2 Å². The molecule has 1 amide bonds. The first-order chi connectivity index (χ1) is 16.8. The molecule has 0 aliphatic heterocycles. The molecule has 1 aromatic carbocycles. The van der Waals surface area contributed by atoms with E-state index in [1.807, 2.05) is 71.4 Å². The van der Waals surface area contributed by atoms with Crippen LogP contribution in [0.2, 0.25) is 0 Å². The molecule has 9 nitrogen and oxygen atoms in total. The van der Waals surface area contributed by atoms with Gasteiger partial charge in [-0.25, -0.2) is 0 Å². The Bertz CT molecular complexity index is 1370. The molecule has 0 fully saturated rings. The number of aromatic nitrogens is 7. The Labute approximate surface area is 199 Å². The van der Waals surface area contributed by atoms with E-state index in [4.69, 9.17) is 0 Å². The van der Waals surface area contributed by atoms with Crippen molar-refractivity contribution in [2.75, 3.05) is 11.1 Å². The fourth-order valence-corrected chi connectivity index (χ4v) is 4.09. The fraction of sp³-hybridized carbons (Fsp3) is 0.0833. The molecule has 34 heavy (non-hydrogen) atoms. The highest BCUT2D eigenvalue weighted by molar-refractivity contribution is 7.99. The Morgan fingerprint density at radius 1 is 0.941 bits per heavy atom. The van der Waals surface area contributed by atoms with Gasteiger partial charge in [0.15, 0.2) is 16.8 Å². The quantitative estimate of drug-likeness (QED) is 0.346. The summed E-state index contributed by atoms with van der Waals surface area (Å²) in [5.41, 5.74) is 2.64. The number of amides is 1. The van der Waals surface area contributed by atoms with Crippen molar-refractivity contribution in [1.29, 1.82) is 0 Å². The number of hydrogen-bond donors (Lipinski definition) is 1. The highest BCUT2D eigenvalue weighted by atomic mass is 32.2. The lowest BCUT2D eigenvalue weighted by Crippen LogP contribution is -2.15. The van der Waals surface area contributed by atoms with Crippen LogP contribution in [0.25, 0.3) is 17.1 Å². The zero-order chi connectivity index (χ0) is 23.2. The van der Waals surface area contributed by atoms with Crippen molar-refractivity contribution < 1.29 is 4.79 Å². The van der Waals surface area contributed by atoms with Crippen LogP contribution >= 0.6 is 11.8 Å². The third-order valence-electron chi connectivity index (χ3n) is 4.86. The standard InChI is InChI=1S/C24H20N8OS/c33-22(27-21-11-14-31(30-21)16-19-8-4-5-13-26-19)17-34-24-29-28-23(18-7-6-12-25-15-18)32(24)20-9-2-1-3-10-20/h1-15H,16-17H2,(H,27,30,33). The van der Waals surface area contributed by atoms with E-state index < -0.39 is 0 Å². The summed E-state index contributed by atoms with van der Waals surface area (Å²) in [6.07, 6.45) is 7.01. The van der Waals surface area contributed by atoms with Gasteiger partial charge in [-0.1, -0.05) is 36.0 Å². The van der Waals surface area contributed by atoms with E-state index in [2.05, 4.69) is 30.6 Å². The topological polar surface area (TPSA) is 103 Å². The summed E-state index contributed by atoms with van der Waals surface area (Å²) in [5, 5.41) is 16.6. The van der Waals surface area contributed by atoms with E-state index in [0.717, 1.165) is 16.9 Å². The molecule has 0 aliphatic rings. The number of carbonyl (C=O) groups excluding carboxylic acids is 1. The van der Waals surface area contributed by atoms with Crippen LogP contribution in [-0.4, -0.2) is 46.2 Å². The Hall–Kier alpha value is -4.31. The third kappa shape index (κ3) is 5.02. The van der Waals surface area contributed by atoms with Gasteiger partial charge in [-0.2, -0.15) is 5.10 Å². The number of carbonyl (C=O) groups is 1. The molecule has 0 aliphatic carbocycles. The summed E-state index contributed by atoms with van der Waals surface area (Å²) in [6.45, 7) is 0.531. The SMILES string of the molecule is O=C(CSc1nnc(-c2cccnc2)n1-c1ccccc1)Nc1ccn(Cc2ccccn2)n1. The van der Waals surface area contributed by atoms with E-state index in [-0.39, 0.29) is 11.7 Å². The van der Waals surface area contributed by atoms with Crippen LogP contribution in [-0.2, 0) is 11.3 Å². The highest BCUT2D eigenvalue weighted by Crippen LogP contribution is 2.27. The summed E-state index contributed by atoms with van der Waals surface area (Å²) in [6, 6.07) is 21.1. The molecule has 1 N–H and O–H groups in total. The molecule has 5 rings (SSSR count). The van der Waals surface area contributed by atoms with Crippen molar-refractivity contribution in [3.05, 3.63) is 97.2 Å². The van der Waals surface area contributed by atoms with Gasteiger partial charge in [0.2, 0.25) is 5.91 Å². The number of thioether (sulfide) groups is 1. The molecular formula is C24H20N8OS. The molecule has 4 aromatic heterocycles. The summed E-state index contributed by atoms with van der Waals surface area (Å²) < 4.78 is 3.66. The minimum Gasteiger partial charge on any atom is -0.308 e. The van der Waals surface area contributed by atoms with E-state index in [1.54, 1.807) is 29.3 Å². The normalized spacial score (nSPS) is 10.8. The van der Waals surface area contributed by atoms with Crippen molar-refractivity contribution in [1.82, 2.24) is 34.5 Å². The smallest absolute Gasteiger partial charge is 0.236 e. The molecule has 168 valence electrons. The summed E-state index contributed by atoms with van der Waals surface area (Å²) in [7, 11) is 0. The average molecular weight is 469 g/mol. The number of pyridine rings is 2. The maximum absolute atomic E-state index is 12.6. The Morgan fingerprint density at radius 3 is 2.62 bits per heavy atom. The highest BCUT2D eigenvalue weighted by Gasteiger charge is 2.17. The zero-order valence-corrected chi connectivity index (χ0v) is 18.8. The first-order valence-corrected chi connectivity index (χ1v) is 11.5. The molecule has 0 bridgehead atoms. The van der Waals surface area contributed by atoms with E-state index in [1.165, 1.54) is 11.8 Å². The van der Waals surface area contributed by atoms with Gasteiger partial charge in [0.05, 0.1) is 18.0 Å². The van der Waals surface area contributed by atoms with E-state index in [9.17, 15) is 4.79 Å². The molecule has 5 aromatic rings. The molecule has 10 heteroatoms. The molecule has 0 saturated heterocycles. The lowest BCUT2D eigenvalue weighted by Gasteiger charge is -2.10. The monoisotopic (exact) mass is 468 g/mol.